The summed E-state index contributed by atoms with van der Waals surface area (Å²) in [5, 5.41) is 3.01. The summed E-state index contributed by atoms with van der Waals surface area (Å²) in [5.74, 6) is -0.709. The minimum Gasteiger partial charge on any atom is -0.340 e. The van der Waals surface area contributed by atoms with Gasteiger partial charge in [0.05, 0.1) is 6.04 Å². The highest BCUT2D eigenvalue weighted by atomic mass is 16.2. The first-order valence-electron chi connectivity index (χ1n) is 19.2. The third kappa shape index (κ3) is 10.6. The van der Waals surface area contributed by atoms with Gasteiger partial charge < -0.3 is 15.1 Å². The van der Waals surface area contributed by atoms with Gasteiger partial charge in [-0.25, -0.2) is 0 Å². The summed E-state index contributed by atoms with van der Waals surface area (Å²) in [6.07, 6.45) is 6.90. The Morgan fingerprint density at radius 1 is 0.784 bits per heavy atom. The van der Waals surface area contributed by atoms with Crippen molar-refractivity contribution in [1.29, 1.82) is 0 Å². The van der Waals surface area contributed by atoms with Crippen molar-refractivity contribution in [2.45, 2.75) is 110 Å². The molecule has 2 atom stereocenters. The Hall–Kier alpha value is -3.81. The highest BCUT2D eigenvalue weighted by Crippen LogP contribution is 2.25. The lowest BCUT2D eigenvalue weighted by molar-refractivity contribution is -0.137. The minimum atomic E-state index is -1.28. The third-order valence-electron chi connectivity index (χ3n) is 10.7. The number of benzene rings is 3. The van der Waals surface area contributed by atoms with Gasteiger partial charge in [-0.15, -0.1) is 0 Å². The molecule has 2 amide bonds. The lowest BCUT2D eigenvalue weighted by atomic mass is 9.86. The van der Waals surface area contributed by atoms with E-state index < -0.39 is 12.1 Å². The van der Waals surface area contributed by atoms with Crippen LogP contribution in [0.2, 0.25) is 0 Å². The fourth-order valence-electron chi connectivity index (χ4n) is 7.62. The van der Waals surface area contributed by atoms with E-state index in [0.29, 0.717) is 37.7 Å². The second-order valence-electron chi connectivity index (χ2n) is 16.3. The number of likely N-dealkylation sites (tertiary alicyclic amines) is 2. The number of carbonyl (C=O) groups is 3. The first-order valence-corrected chi connectivity index (χ1v) is 19.2. The Labute approximate surface area is 306 Å². The Morgan fingerprint density at radius 3 is 1.96 bits per heavy atom. The number of likely N-dealkylation sites (N-methyl/N-ethyl adjacent to an activating group) is 1. The monoisotopic (exact) mass is 692 g/mol. The van der Waals surface area contributed by atoms with Gasteiger partial charge in [0, 0.05) is 31.2 Å². The molecule has 274 valence electrons. The van der Waals surface area contributed by atoms with E-state index in [4.69, 9.17) is 0 Å². The van der Waals surface area contributed by atoms with E-state index in [9.17, 15) is 14.4 Å². The van der Waals surface area contributed by atoms with Gasteiger partial charge in [-0.3, -0.25) is 19.3 Å². The van der Waals surface area contributed by atoms with Crippen LogP contribution in [0.1, 0.15) is 106 Å². The average Bonchev–Trinajstić information content (AvgIpc) is 3.13. The van der Waals surface area contributed by atoms with Crippen LogP contribution < -0.4 is 5.32 Å². The molecule has 2 fully saturated rings. The van der Waals surface area contributed by atoms with Gasteiger partial charge in [0.1, 0.15) is 0 Å². The largest absolute Gasteiger partial charge is 0.340 e. The van der Waals surface area contributed by atoms with Crippen molar-refractivity contribution in [2.24, 2.45) is 5.92 Å². The fourth-order valence-corrected chi connectivity index (χ4v) is 7.62. The summed E-state index contributed by atoms with van der Waals surface area (Å²) in [7, 11) is 1.96. The van der Waals surface area contributed by atoms with E-state index in [0.717, 1.165) is 43.5 Å². The summed E-state index contributed by atoms with van der Waals surface area (Å²) in [6, 6.07) is 25.0. The number of rotatable bonds is 13. The number of piperidine rings is 2. The molecule has 1 N–H and O–H groups in total. The molecule has 5 rings (SSSR count). The van der Waals surface area contributed by atoms with E-state index in [-0.39, 0.29) is 28.9 Å². The average molecular weight is 693 g/mol. The molecular formula is C44H60N4O3. The highest BCUT2D eigenvalue weighted by Gasteiger charge is 2.37. The zero-order valence-electron chi connectivity index (χ0n) is 31.9. The summed E-state index contributed by atoms with van der Waals surface area (Å²) in [4.78, 5) is 49.3. The van der Waals surface area contributed by atoms with Crippen LogP contribution in [0.25, 0.3) is 0 Å². The van der Waals surface area contributed by atoms with Gasteiger partial charge in [-0.2, -0.15) is 0 Å². The Morgan fingerprint density at radius 2 is 1.37 bits per heavy atom. The number of ketones is 1. The van der Waals surface area contributed by atoms with E-state index in [1.54, 1.807) is 12.1 Å². The molecule has 7 nitrogen and oxygen atoms in total. The molecule has 3 aromatic carbocycles. The van der Waals surface area contributed by atoms with Crippen molar-refractivity contribution >= 4 is 17.6 Å². The fraction of sp³-hybridized carbons (Fsp3) is 0.523. The zero-order valence-corrected chi connectivity index (χ0v) is 31.9. The molecule has 3 aromatic rings. The lowest BCUT2D eigenvalue weighted by Crippen LogP contribution is -2.58. The molecule has 0 spiro atoms. The Kier molecular flexibility index (Phi) is 13.3. The predicted molar refractivity (Wildman–Crippen MR) is 207 cm³/mol. The molecule has 2 saturated heterocycles. The summed E-state index contributed by atoms with van der Waals surface area (Å²) in [6.45, 7) is 14.8. The molecule has 0 aliphatic carbocycles. The Balaban J connectivity index is 1.34. The van der Waals surface area contributed by atoms with Gasteiger partial charge >= 0.3 is 0 Å². The van der Waals surface area contributed by atoms with Crippen molar-refractivity contribution in [1.82, 2.24) is 20.0 Å². The van der Waals surface area contributed by atoms with Crippen LogP contribution in [-0.2, 0) is 28.0 Å². The molecule has 0 radical (unpaired) electrons. The standard InChI is InChI=1S/C44H60N4O3/c1-32(2)29-39(46(6)31-35-17-21-37(22-18-35)44(3,4)5)42(50)45-40(43(51)48-27-23-38(24-28-48)47-25-11-8-12-26-47)41(49)36-19-15-34(16-20-36)30-33-13-9-7-10-14-33/h7,9-10,13-22,32,38-40H,8,11-12,23-31H2,1-6H3,(H,45,50)/t39-,40-/m0/s1. The molecule has 7 heteroatoms. The van der Waals surface area contributed by atoms with E-state index in [1.165, 1.54) is 30.4 Å². The van der Waals surface area contributed by atoms with Gasteiger partial charge in [0.15, 0.2) is 11.8 Å². The van der Waals surface area contributed by atoms with Crippen molar-refractivity contribution in [3.05, 3.63) is 107 Å². The van der Waals surface area contributed by atoms with Gasteiger partial charge in [0.2, 0.25) is 5.91 Å². The molecule has 51 heavy (non-hydrogen) atoms. The number of carbonyl (C=O) groups excluding carboxylic acids is 3. The van der Waals surface area contributed by atoms with E-state index in [1.807, 2.05) is 42.3 Å². The first kappa shape index (κ1) is 38.4. The van der Waals surface area contributed by atoms with Crippen LogP contribution in [0, 0.1) is 5.92 Å². The molecule has 2 aliphatic rings. The van der Waals surface area contributed by atoms with Crippen molar-refractivity contribution in [3.63, 3.8) is 0 Å². The van der Waals surface area contributed by atoms with E-state index >= 15 is 0 Å². The minimum absolute atomic E-state index is 0.0591. The molecule has 2 heterocycles. The van der Waals surface area contributed by atoms with E-state index in [2.05, 4.69) is 86.1 Å². The number of Topliss-reactive ketones (excluding diaryl/α,β-unsaturated/α-hetero) is 1. The molecule has 2 aliphatic heterocycles. The molecular weight excluding hydrogens is 633 g/mol. The molecule has 0 aromatic heterocycles. The third-order valence-corrected chi connectivity index (χ3v) is 10.7. The maximum absolute atomic E-state index is 14.3. The maximum Gasteiger partial charge on any atom is 0.253 e. The van der Waals surface area contributed by atoms with Crippen LogP contribution in [0.5, 0.6) is 0 Å². The topological polar surface area (TPSA) is 73.0 Å². The molecule has 0 bridgehead atoms. The number of nitrogens with zero attached hydrogens (tertiary/aromatic N) is 3. The summed E-state index contributed by atoms with van der Waals surface area (Å²) >= 11 is 0. The Bertz CT molecular complexity index is 1570. The van der Waals surface area contributed by atoms with Gasteiger partial charge in [0.25, 0.3) is 5.91 Å². The van der Waals surface area contributed by atoms with Gasteiger partial charge in [-0.05, 0) is 92.2 Å². The lowest BCUT2D eigenvalue weighted by Gasteiger charge is -2.41. The summed E-state index contributed by atoms with van der Waals surface area (Å²) in [5.41, 5.74) is 5.14. The summed E-state index contributed by atoms with van der Waals surface area (Å²) < 4.78 is 0. The second-order valence-corrected chi connectivity index (χ2v) is 16.3. The molecule has 0 saturated carbocycles. The highest BCUT2D eigenvalue weighted by molar-refractivity contribution is 6.15. The van der Waals surface area contributed by atoms with Crippen molar-refractivity contribution in [2.75, 3.05) is 33.2 Å². The smallest absolute Gasteiger partial charge is 0.253 e. The normalized spacial score (nSPS) is 17.4. The van der Waals surface area contributed by atoms with Crippen molar-refractivity contribution in [3.8, 4) is 0 Å². The first-order chi connectivity index (χ1) is 24.4. The van der Waals surface area contributed by atoms with Crippen LogP contribution in [0.15, 0.2) is 78.9 Å². The van der Waals surface area contributed by atoms with Gasteiger partial charge in [-0.1, -0.05) is 120 Å². The number of hydrogen-bond donors (Lipinski definition) is 1. The van der Waals surface area contributed by atoms with Crippen molar-refractivity contribution < 1.29 is 14.4 Å². The van der Waals surface area contributed by atoms with Crippen LogP contribution in [0.4, 0.5) is 0 Å². The quantitative estimate of drug-likeness (QED) is 0.151. The SMILES string of the molecule is CC(C)C[C@@H](C(=O)N[C@@H](C(=O)c1ccc(Cc2ccccc2)cc1)C(=O)N1CCC(N2CCCCC2)CC1)N(C)Cc1ccc(C(C)(C)C)cc1. The molecule has 0 unspecified atom stereocenters. The predicted octanol–water partition coefficient (Wildman–Crippen LogP) is 7.27. The van der Waals surface area contributed by atoms with Crippen LogP contribution in [-0.4, -0.2) is 83.6 Å². The zero-order chi connectivity index (χ0) is 36.5. The van der Waals surface area contributed by atoms with Crippen LogP contribution >= 0.6 is 0 Å². The maximum atomic E-state index is 14.3. The van der Waals surface area contributed by atoms with Crippen LogP contribution in [0.3, 0.4) is 0 Å². The number of nitrogens with one attached hydrogen (secondary N) is 1. The number of hydrogen-bond acceptors (Lipinski definition) is 5. The second kappa shape index (κ2) is 17.6. The number of amides is 2.